The van der Waals surface area contributed by atoms with Crippen molar-refractivity contribution >= 4 is 17.6 Å². The van der Waals surface area contributed by atoms with Gasteiger partial charge in [0.15, 0.2) is 17.4 Å². The number of carbonyl (C=O) groups is 1. The summed E-state index contributed by atoms with van der Waals surface area (Å²) in [5, 5.41) is 0. The first-order valence-electron chi connectivity index (χ1n) is 7.89. The summed E-state index contributed by atoms with van der Waals surface area (Å²) in [4.78, 5) is 27.7. The SMILES string of the molecule is CC1CN2C=CN=C(N3CCN(C(=O)c4ccco4)CC3)C2=N1. The first-order chi connectivity index (χ1) is 11.2. The average molecular weight is 313 g/mol. The van der Waals surface area contributed by atoms with Gasteiger partial charge in [0.1, 0.15) is 0 Å². The molecule has 1 fully saturated rings. The minimum atomic E-state index is -0.0476. The first-order valence-corrected chi connectivity index (χ1v) is 7.89. The van der Waals surface area contributed by atoms with Crippen LogP contribution in [0.1, 0.15) is 17.5 Å². The molecule has 1 unspecified atom stereocenters. The van der Waals surface area contributed by atoms with E-state index < -0.39 is 0 Å². The van der Waals surface area contributed by atoms with E-state index in [1.54, 1.807) is 12.1 Å². The second-order valence-electron chi connectivity index (χ2n) is 5.96. The average Bonchev–Trinajstić information content (AvgIpc) is 3.22. The summed E-state index contributed by atoms with van der Waals surface area (Å²) in [5.74, 6) is 2.22. The van der Waals surface area contributed by atoms with E-state index in [4.69, 9.17) is 4.42 Å². The maximum absolute atomic E-state index is 12.3. The minimum Gasteiger partial charge on any atom is -0.459 e. The van der Waals surface area contributed by atoms with Crippen molar-refractivity contribution in [3.05, 3.63) is 36.6 Å². The summed E-state index contributed by atoms with van der Waals surface area (Å²) in [6, 6.07) is 3.73. The Kier molecular flexibility index (Phi) is 3.40. The van der Waals surface area contributed by atoms with Gasteiger partial charge in [-0.05, 0) is 19.1 Å². The van der Waals surface area contributed by atoms with Crippen molar-refractivity contribution in [1.29, 1.82) is 0 Å². The number of rotatable bonds is 1. The lowest BCUT2D eigenvalue weighted by molar-refractivity contribution is 0.0661. The molecule has 0 aromatic carbocycles. The molecule has 0 saturated carbocycles. The number of hydrogen-bond donors (Lipinski definition) is 0. The number of amides is 1. The van der Waals surface area contributed by atoms with E-state index in [1.165, 1.54) is 6.26 Å². The number of furan rings is 1. The van der Waals surface area contributed by atoms with Crippen LogP contribution in [0.4, 0.5) is 0 Å². The van der Waals surface area contributed by atoms with E-state index in [9.17, 15) is 4.79 Å². The predicted octanol–water partition coefficient (Wildman–Crippen LogP) is 1.02. The summed E-state index contributed by atoms with van der Waals surface area (Å²) in [5.41, 5.74) is 0. The summed E-state index contributed by atoms with van der Waals surface area (Å²) >= 11 is 0. The Morgan fingerprint density at radius 1 is 1.26 bits per heavy atom. The Morgan fingerprint density at radius 2 is 2.09 bits per heavy atom. The number of fused-ring (bicyclic) bond motifs is 1. The molecule has 23 heavy (non-hydrogen) atoms. The topological polar surface area (TPSA) is 64.7 Å². The maximum Gasteiger partial charge on any atom is 0.289 e. The van der Waals surface area contributed by atoms with Crippen LogP contribution < -0.4 is 0 Å². The molecule has 120 valence electrons. The molecular weight excluding hydrogens is 294 g/mol. The molecule has 1 amide bonds. The van der Waals surface area contributed by atoms with E-state index in [0.717, 1.165) is 31.3 Å². The number of aliphatic imine (C=N–C) groups is 2. The molecule has 7 nitrogen and oxygen atoms in total. The Bertz CT molecular complexity index is 683. The van der Waals surface area contributed by atoms with Gasteiger partial charge in [-0.2, -0.15) is 0 Å². The molecule has 4 heterocycles. The van der Waals surface area contributed by atoms with E-state index in [-0.39, 0.29) is 5.91 Å². The standard InChI is InChI=1S/C16H19N5O2/c1-12-11-21-5-4-17-14(15(21)18-12)19-6-8-20(9-7-19)16(22)13-3-2-10-23-13/h2-5,10,12H,6-9,11H2,1H3. The van der Waals surface area contributed by atoms with Crippen molar-refractivity contribution in [2.24, 2.45) is 9.98 Å². The van der Waals surface area contributed by atoms with E-state index >= 15 is 0 Å². The molecule has 3 aliphatic rings. The monoisotopic (exact) mass is 313 g/mol. The van der Waals surface area contributed by atoms with E-state index in [0.29, 0.717) is 24.9 Å². The zero-order valence-corrected chi connectivity index (χ0v) is 13.1. The van der Waals surface area contributed by atoms with Gasteiger partial charge in [0.25, 0.3) is 5.91 Å². The number of piperazine rings is 1. The van der Waals surface area contributed by atoms with Gasteiger partial charge in [-0.3, -0.25) is 9.79 Å². The Labute approximate surface area is 134 Å². The molecule has 1 atom stereocenters. The summed E-state index contributed by atoms with van der Waals surface area (Å²) in [7, 11) is 0. The third-order valence-electron chi connectivity index (χ3n) is 4.32. The second kappa shape index (κ2) is 5.57. The fourth-order valence-electron chi connectivity index (χ4n) is 3.16. The van der Waals surface area contributed by atoms with Crippen LogP contribution in [0.25, 0.3) is 0 Å². The van der Waals surface area contributed by atoms with Crippen LogP contribution in [0, 0.1) is 0 Å². The van der Waals surface area contributed by atoms with Crippen molar-refractivity contribution in [3.8, 4) is 0 Å². The van der Waals surface area contributed by atoms with Crippen LogP contribution in [-0.2, 0) is 0 Å². The molecule has 1 aromatic heterocycles. The summed E-state index contributed by atoms with van der Waals surface area (Å²) in [6.07, 6.45) is 5.33. The second-order valence-corrected chi connectivity index (χ2v) is 5.96. The van der Waals surface area contributed by atoms with E-state index in [2.05, 4.69) is 26.7 Å². The van der Waals surface area contributed by atoms with Gasteiger partial charge < -0.3 is 19.1 Å². The zero-order chi connectivity index (χ0) is 15.8. The van der Waals surface area contributed by atoms with Gasteiger partial charge in [-0.15, -0.1) is 0 Å². The highest BCUT2D eigenvalue weighted by Gasteiger charge is 2.32. The van der Waals surface area contributed by atoms with E-state index in [1.807, 2.05) is 17.3 Å². The molecular formula is C16H19N5O2. The van der Waals surface area contributed by atoms with Crippen molar-refractivity contribution < 1.29 is 9.21 Å². The molecule has 0 spiro atoms. The first kappa shape index (κ1) is 14.0. The Balaban J connectivity index is 1.44. The normalized spacial score (nSPS) is 23.7. The quantitative estimate of drug-likeness (QED) is 0.776. The maximum atomic E-state index is 12.3. The van der Waals surface area contributed by atoms with Crippen molar-refractivity contribution in [2.45, 2.75) is 13.0 Å². The molecule has 7 heteroatoms. The summed E-state index contributed by atoms with van der Waals surface area (Å²) in [6.45, 7) is 5.83. The van der Waals surface area contributed by atoms with Crippen LogP contribution in [0.3, 0.4) is 0 Å². The fourth-order valence-corrected chi connectivity index (χ4v) is 3.16. The Hall–Kier alpha value is -2.57. The molecule has 0 bridgehead atoms. The number of amidine groups is 2. The molecule has 3 aliphatic heterocycles. The minimum absolute atomic E-state index is 0.0476. The van der Waals surface area contributed by atoms with Gasteiger partial charge in [0, 0.05) is 45.1 Å². The Morgan fingerprint density at radius 3 is 2.83 bits per heavy atom. The number of nitrogens with zero attached hydrogens (tertiary/aromatic N) is 5. The number of carbonyl (C=O) groups excluding carboxylic acids is 1. The molecule has 1 saturated heterocycles. The van der Waals surface area contributed by atoms with Crippen molar-refractivity contribution in [1.82, 2.24) is 14.7 Å². The molecule has 0 N–H and O–H groups in total. The van der Waals surface area contributed by atoms with Gasteiger partial charge >= 0.3 is 0 Å². The van der Waals surface area contributed by atoms with Crippen LogP contribution in [0.5, 0.6) is 0 Å². The highest BCUT2D eigenvalue weighted by atomic mass is 16.3. The van der Waals surface area contributed by atoms with Crippen LogP contribution >= 0.6 is 0 Å². The lowest BCUT2D eigenvalue weighted by atomic mass is 10.2. The lowest BCUT2D eigenvalue weighted by Gasteiger charge is -2.37. The van der Waals surface area contributed by atoms with Crippen LogP contribution in [-0.4, -0.2) is 71.0 Å². The summed E-state index contributed by atoms with van der Waals surface area (Å²) < 4.78 is 5.20. The molecule has 1 aromatic rings. The van der Waals surface area contributed by atoms with Gasteiger partial charge in [0.2, 0.25) is 0 Å². The third-order valence-corrected chi connectivity index (χ3v) is 4.32. The highest BCUT2D eigenvalue weighted by Crippen LogP contribution is 2.18. The van der Waals surface area contributed by atoms with Gasteiger partial charge in [-0.25, -0.2) is 4.99 Å². The van der Waals surface area contributed by atoms with Crippen LogP contribution in [0.2, 0.25) is 0 Å². The van der Waals surface area contributed by atoms with Crippen LogP contribution in [0.15, 0.2) is 45.2 Å². The smallest absolute Gasteiger partial charge is 0.289 e. The van der Waals surface area contributed by atoms with Gasteiger partial charge in [-0.1, -0.05) is 0 Å². The largest absolute Gasteiger partial charge is 0.459 e. The van der Waals surface area contributed by atoms with Crippen molar-refractivity contribution in [2.75, 3.05) is 32.7 Å². The molecule has 0 radical (unpaired) electrons. The van der Waals surface area contributed by atoms with Crippen molar-refractivity contribution in [3.63, 3.8) is 0 Å². The predicted molar refractivity (Wildman–Crippen MR) is 86.4 cm³/mol. The molecule has 4 rings (SSSR count). The lowest BCUT2D eigenvalue weighted by Crippen LogP contribution is -2.53. The number of hydrogen-bond acceptors (Lipinski definition) is 6. The zero-order valence-electron chi connectivity index (χ0n) is 13.1. The third kappa shape index (κ3) is 2.52. The van der Waals surface area contributed by atoms with Gasteiger partial charge in [0.05, 0.1) is 12.3 Å². The highest BCUT2D eigenvalue weighted by molar-refractivity contribution is 6.41. The molecule has 0 aliphatic carbocycles. The fraction of sp³-hybridized carbons (Fsp3) is 0.438.